The van der Waals surface area contributed by atoms with E-state index in [-0.39, 0.29) is 0 Å². The minimum absolute atomic E-state index is 0.493. The highest BCUT2D eigenvalue weighted by Gasteiger charge is 2.24. The van der Waals surface area contributed by atoms with Crippen LogP contribution in [0.5, 0.6) is 0 Å². The third-order valence-corrected chi connectivity index (χ3v) is 4.09. The Bertz CT molecular complexity index is 494. The number of benzene rings is 1. The van der Waals surface area contributed by atoms with Gasteiger partial charge in [-0.05, 0) is 25.0 Å². The number of anilines is 1. The standard InChI is InChI=1S/C12H15N3S/c13-7-9-3-2-6-15(9)10-4-1-5-11-12(10)14-8-16-11/h1,4-5,8-9H,2-3,6-7,13H2. The van der Waals surface area contributed by atoms with E-state index in [1.165, 1.54) is 23.2 Å². The molecule has 1 saturated heterocycles. The molecule has 1 aliphatic heterocycles. The van der Waals surface area contributed by atoms with Gasteiger partial charge in [0.1, 0.15) is 5.52 Å². The zero-order valence-corrected chi connectivity index (χ0v) is 9.91. The highest BCUT2D eigenvalue weighted by atomic mass is 32.1. The Labute approximate surface area is 98.9 Å². The smallest absolute Gasteiger partial charge is 0.104 e. The first-order chi connectivity index (χ1) is 7.90. The topological polar surface area (TPSA) is 42.1 Å². The molecule has 2 N–H and O–H groups in total. The quantitative estimate of drug-likeness (QED) is 0.865. The maximum Gasteiger partial charge on any atom is 0.104 e. The molecule has 1 aromatic carbocycles. The summed E-state index contributed by atoms with van der Waals surface area (Å²) in [6, 6.07) is 6.90. The third-order valence-electron chi connectivity index (χ3n) is 3.30. The Hall–Kier alpha value is -1.13. The van der Waals surface area contributed by atoms with Crippen LogP contribution in [0.1, 0.15) is 12.8 Å². The van der Waals surface area contributed by atoms with E-state index in [4.69, 9.17) is 5.73 Å². The van der Waals surface area contributed by atoms with Gasteiger partial charge in [-0.2, -0.15) is 0 Å². The van der Waals surface area contributed by atoms with Crippen molar-refractivity contribution in [1.29, 1.82) is 0 Å². The van der Waals surface area contributed by atoms with Crippen LogP contribution in [0.15, 0.2) is 23.7 Å². The molecule has 0 amide bonds. The summed E-state index contributed by atoms with van der Waals surface area (Å²) in [4.78, 5) is 6.89. The lowest BCUT2D eigenvalue weighted by Gasteiger charge is -2.25. The number of nitrogens with two attached hydrogens (primary N) is 1. The maximum atomic E-state index is 5.82. The second-order valence-electron chi connectivity index (χ2n) is 4.20. The van der Waals surface area contributed by atoms with E-state index in [1.807, 2.05) is 5.51 Å². The average Bonchev–Trinajstić information content (AvgIpc) is 2.96. The molecule has 1 fully saturated rings. The van der Waals surface area contributed by atoms with Crippen molar-refractivity contribution in [3.05, 3.63) is 23.7 Å². The van der Waals surface area contributed by atoms with Crippen LogP contribution in [-0.4, -0.2) is 24.1 Å². The lowest BCUT2D eigenvalue weighted by atomic mass is 10.2. The van der Waals surface area contributed by atoms with E-state index in [2.05, 4.69) is 28.1 Å². The fraction of sp³-hybridized carbons (Fsp3) is 0.417. The minimum atomic E-state index is 0.493. The minimum Gasteiger partial charge on any atom is -0.365 e. The molecule has 16 heavy (non-hydrogen) atoms. The van der Waals surface area contributed by atoms with E-state index in [1.54, 1.807) is 11.3 Å². The van der Waals surface area contributed by atoms with Gasteiger partial charge in [0, 0.05) is 19.1 Å². The van der Waals surface area contributed by atoms with Crippen molar-refractivity contribution in [3.63, 3.8) is 0 Å². The third kappa shape index (κ3) is 1.49. The van der Waals surface area contributed by atoms with Gasteiger partial charge < -0.3 is 10.6 Å². The Morgan fingerprint density at radius 1 is 1.50 bits per heavy atom. The number of nitrogens with zero attached hydrogens (tertiary/aromatic N) is 2. The summed E-state index contributed by atoms with van der Waals surface area (Å²) in [7, 11) is 0. The predicted molar refractivity (Wildman–Crippen MR) is 69.0 cm³/mol. The number of rotatable bonds is 2. The van der Waals surface area contributed by atoms with Crippen molar-refractivity contribution >= 4 is 27.2 Å². The van der Waals surface area contributed by atoms with Gasteiger partial charge in [-0.3, -0.25) is 0 Å². The van der Waals surface area contributed by atoms with Gasteiger partial charge in [0.05, 0.1) is 15.9 Å². The van der Waals surface area contributed by atoms with Crippen LogP contribution < -0.4 is 10.6 Å². The summed E-state index contributed by atoms with van der Waals surface area (Å²) in [5, 5.41) is 0. The SMILES string of the molecule is NCC1CCCN1c1cccc2scnc12. The first-order valence-electron chi connectivity index (χ1n) is 5.69. The summed E-state index contributed by atoms with van der Waals surface area (Å²) in [6.07, 6.45) is 2.44. The molecule has 3 nitrogen and oxygen atoms in total. The fourth-order valence-electron chi connectivity index (χ4n) is 2.50. The maximum absolute atomic E-state index is 5.82. The van der Waals surface area contributed by atoms with E-state index < -0.39 is 0 Å². The first kappa shape index (κ1) is 10.1. The van der Waals surface area contributed by atoms with Crippen molar-refractivity contribution in [2.24, 2.45) is 5.73 Å². The van der Waals surface area contributed by atoms with Crippen molar-refractivity contribution in [2.75, 3.05) is 18.0 Å². The predicted octanol–water partition coefficient (Wildman–Crippen LogP) is 2.22. The van der Waals surface area contributed by atoms with Crippen LogP contribution in [-0.2, 0) is 0 Å². The molecule has 2 aromatic rings. The second kappa shape index (κ2) is 4.03. The van der Waals surface area contributed by atoms with Crippen LogP contribution in [0.4, 0.5) is 5.69 Å². The molecule has 0 saturated carbocycles. The molecule has 0 spiro atoms. The highest BCUT2D eigenvalue weighted by Crippen LogP contribution is 2.32. The van der Waals surface area contributed by atoms with Crippen LogP contribution in [0, 0.1) is 0 Å². The normalized spacial score (nSPS) is 20.8. The van der Waals surface area contributed by atoms with Gasteiger partial charge in [-0.1, -0.05) is 6.07 Å². The highest BCUT2D eigenvalue weighted by molar-refractivity contribution is 7.16. The largest absolute Gasteiger partial charge is 0.365 e. The molecule has 4 heteroatoms. The molecule has 2 heterocycles. The molecule has 3 rings (SSSR count). The molecule has 84 valence electrons. The molecule has 0 bridgehead atoms. The van der Waals surface area contributed by atoms with Gasteiger partial charge in [-0.25, -0.2) is 4.98 Å². The van der Waals surface area contributed by atoms with Crippen LogP contribution in [0.3, 0.4) is 0 Å². The van der Waals surface area contributed by atoms with Crippen LogP contribution in [0.25, 0.3) is 10.2 Å². The Kier molecular flexibility index (Phi) is 2.53. The zero-order chi connectivity index (χ0) is 11.0. The number of para-hydroxylation sites is 1. The summed E-state index contributed by atoms with van der Waals surface area (Å²) < 4.78 is 1.26. The van der Waals surface area contributed by atoms with E-state index in [0.29, 0.717) is 6.04 Å². The van der Waals surface area contributed by atoms with Crippen molar-refractivity contribution < 1.29 is 0 Å². The average molecular weight is 233 g/mol. The number of hydrogen-bond donors (Lipinski definition) is 1. The lowest BCUT2D eigenvalue weighted by Crippen LogP contribution is -2.35. The number of hydrogen-bond acceptors (Lipinski definition) is 4. The van der Waals surface area contributed by atoms with Gasteiger partial charge in [0.25, 0.3) is 0 Å². The number of fused-ring (bicyclic) bond motifs is 1. The molecule has 0 radical (unpaired) electrons. The Morgan fingerprint density at radius 3 is 3.31 bits per heavy atom. The van der Waals surface area contributed by atoms with Gasteiger partial charge in [-0.15, -0.1) is 11.3 Å². The Balaban J connectivity index is 2.07. The van der Waals surface area contributed by atoms with Gasteiger partial charge in [0.15, 0.2) is 0 Å². The van der Waals surface area contributed by atoms with Gasteiger partial charge in [0.2, 0.25) is 0 Å². The van der Waals surface area contributed by atoms with E-state index >= 15 is 0 Å². The number of aromatic nitrogens is 1. The van der Waals surface area contributed by atoms with Crippen molar-refractivity contribution in [3.8, 4) is 0 Å². The van der Waals surface area contributed by atoms with Crippen LogP contribution >= 0.6 is 11.3 Å². The number of thiazole rings is 1. The molecule has 1 atom stereocenters. The van der Waals surface area contributed by atoms with Crippen molar-refractivity contribution in [2.45, 2.75) is 18.9 Å². The van der Waals surface area contributed by atoms with E-state index in [9.17, 15) is 0 Å². The Morgan fingerprint density at radius 2 is 2.44 bits per heavy atom. The second-order valence-corrected chi connectivity index (χ2v) is 5.09. The lowest BCUT2D eigenvalue weighted by molar-refractivity contribution is 0.678. The molecule has 1 aliphatic rings. The molecule has 1 aromatic heterocycles. The first-order valence-corrected chi connectivity index (χ1v) is 6.57. The fourth-order valence-corrected chi connectivity index (χ4v) is 3.20. The molecular formula is C12H15N3S. The summed E-state index contributed by atoms with van der Waals surface area (Å²) in [6.45, 7) is 1.85. The van der Waals surface area contributed by atoms with Gasteiger partial charge >= 0.3 is 0 Å². The van der Waals surface area contributed by atoms with Crippen LogP contribution in [0.2, 0.25) is 0 Å². The molecular weight excluding hydrogens is 218 g/mol. The summed E-state index contributed by atoms with van der Waals surface area (Å²) >= 11 is 1.70. The van der Waals surface area contributed by atoms with Crippen molar-refractivity contribution in [1.82, 2.24) is 4.98 Å². The monoisotopic (exact) mass is 233 g/mol. The van der Waals surface area contributed by atoms with E-state index in [0.717, 1.165) is 18.6 Å². The summed E-state index contributed by atoms with van der Waals surface area (Å²) in [5.74, 6) is 0. The molecule has 0 aliphatic carbocycles. The zero-order valence-electron chi connectivity index (χ0n) is 9.10. The molecule has 1 unspecified atom stereocenters. The summed E-state index contributed by atoms with van der Waals surface area (Å²) in [5.41, 5.74) is 10.1.